The third kappa shape index (κ3) is 7.12. The topological polar surface area (TPSA) is 35.6 Å². The number of para-hydroxylation sites is 2. The molecule has 0 amide bonds. The molecule has 2 heterocycles. The molecule has 6 aromatic carbocycles. The van der Waals surface area contributed by atoms with Crippen LogP contribution in [0.3, 0.4) is 0 Å². The molecule has 0 saturated heterocycles. The van der Waals surface area contributed by atoms with Crippen molar-refractivity contribution in [2.75, 3.05) is 0 Å². The molecule has 0 aliphatic carbocycles. The summed E-state index contributed by atoms with van der Waals surface area (Å²) in [6.07, 6.45) is 10.4. The van der Waals surface area contributed by atoms with E-state index in [0.29, 0.717) is 11.8 Å². The minimum absolute atomic E-state index is 0.392. The molecule has 0 fully saturated rings. The average Bonchev–Trinajstić information content (AvgIpc) is 3.96. The molecule has 0 spiro atoms. The van der Waals surface area contributed by atoms with Crippen LogP contribution >= 0.6 is 0 Å². The molecule has 0 radical (unpaired) electrons. The van der Waals surface area contributed by atoms with Gasteiger partial charge in [0.15, 0.2) is 0 Å². The predicted molar refractivity (Wildman–Crippen MR) is 242 cm³/mol. The van der Waals surface area contributed by atoms with E-state index in [1.807, 2.05) is 12.7 Å². The molecule has 0 unspecified atom stereocenters. The van der Waals surface area contributed by atoms with Gasteiger partial charge in [-0.05, 0) is 0 Å². The number of aryl methyl sites for hydroxylation is 2. The van der Waals surface area contributed by atoms with Gasteiger partial charge in [-0.3, -0.25) is 0 Å². The quantitative estimate of drug-likeness (QED) is 0.115. The Kier molecular flexibility index (Phi) is 11.0. The van der Waals surface area contributed by atoms with Gasteiger partial charge in [0, 0.05) is 0 Å². The van der Waals surface area contributed by atoms with Crippen molar-refractivity contribution in [1.29, 1.82) is 0 Å². The Morgan fingerprint density at radius 2 is 0.860 bits per heavy atom. The van der Waals surface area contributed by atoms with Crippen LogP contribution in [0.5, 0.6) is 0 Å². The summed E-state index contributed by atoms with van der Waals surface area (Å²) < 4.78 is 9.96. The van der Waals surface area contributed by atoms with E-state index in [-0.39, 0.29) is 0 Å². The van der Waals surface area contributed by atoms with Gasteiger partial charge in [0.05, 0.1) is 0 Å². The van der Waals surface area contributed by atoms with Gasteiger partial charge < -0.3 is 0 Å². The first-order valence-corrected chi connectivity index (χ1v) is 24.7. The molecule has 0 atom stereocenters. The third-order valence-electron chi connectivity index (χ3n) is 11.6. The fourth-order valence-corrected chi connectivity index (χ4v) is 18.9. The Balaban J connectivity index is 1.30. The van der Waals surface area contributed by atoms with Crippen LogP contribution < -0.4 is 17.6 Å². The molecule has 5 heteroatoms. The van der Waals surface area contributed by atoms with Crippen molar-refractivity contribution in [3.63, 3.8) is 0 Å². The minimum atomic E-state index is -3.68. The van der Waals surface area contributed by atoms with Gasteiger partial charge in [-0.15, -0.1) is 0 Å². The van der Waals surface area contributed by atoms with Gasteiger partial charge in [-0.2, -0.15) is 0 Å². The van der Waals surface area contributed by atoms with Crippen LogP contribution in [0.15, 0.2) is 171 Å². The molecule has 0 N–H and O–H groups in total. The van der Waals surface area contributed by atoms with Crippen molar-refractivity contribution in [1.82, 2.24) is 19.1 Å². The van der Waals surface area contributed by atoms with E-state index < -0.39 is 13.3 Å². The average molecular weight is 806 g/mol. The van der Waals surface area contributed by atoms with Crippen LogP contribution in [0.4, 0.5) is 0 Å². The number of hydrogen-bond donors (Lipinski definition) is 0. The van der Waals surface area contributed by atoms with Crippen LogP contribution in [0.2, 0.25) is 0 Å². The molecule has 0 saturated carbocycles. The van der Waals surface area contributed by atoms with Crippen LogP contribution in [-0.4, -0.2) is 32.4 Å². The number of imidazole rings is 2. The van der Waals surface area contributed by atoms with Gasteiger partial charge in [0.2, 0.25) is 0 Å². The van der Waals surface area contributed by atoms with Gasteiger partial charge in [-0.25, -0.2) is 0 Å². The molecular weight excluding hydrogens is 753 g/mol. The maximum atomic E-state index is 5.08. The van der Waals surface area contributed by atoms with Gasteiger partial charge in [0.1, 0.15) is 0 Å². The molecule has 8 rings (SSSR count). The normalized spacial score (nSPS) is 11.8. The zero-order valence-electron chi connectivity index (χ0n) is 34.0. The van der Waals surface area contributed by atoms with E-state index >= 15 is 0 Å². The molecule has 284 valence electrons. The Morgan fingerprint density at radius 1 is 0.456 bits per heavy atom. The fourth-order valence-electron chi connectivity index (χ4n) is 8.74. The van der Waals surface area contributed by atoms with E-state index in [1.165, 1.54) is 51.2 Å². The molecule has 0 aliphatic heterocycles. The second-order valence-electron chi connectivity index (χ2n) is 15.7. The molecule has 2 aromatic heterocycles. The van der Waals surface area contributed by atoms with Crippen LogP contribution in [0, 0.1) is 0 Å². The summed E-state index contributed by atoms with van der Waals surface area (Å²) in [6.45, 7) is 13.6. The van der Waals surface area contributed by atoms with Gasteiger partial charge in [-0.1, -0.05) is 0 Å². The zero-order valence-corrected chi connectivity index (χ0v) is 36.1. The SMILES string of the molecule is CCc1cccc(CC)c1-n1cnc(-c2ccc[c]([Ge]([c]3ccccc3)([c]3ccccc3)[c]3cccc(-c4cn(-c5c(C(C)C)cccc5C(C)C)cn4)c3)c2)c1. The first-order chi connectivity index (χ1) is 27.8. The molecule has 57 heavy (non-hydrogen) atoms. The standard InChI is InChI=1S/C52H52GeN4/c1-7-39-19-15-20-40(8-2)51(39)56-33-49(54-35-56)41-21-16-27-45(31-41)53(43-23-11-9-12-24-43,44-25-13-10-14-26-44)46-28-17-22-42(32-46)50-34-57(36-55-50)52-47(37(3)4)29-18-30-48(52)38(5)6/h9-38H,7-8H2,1-6H3. The first-order valence-electron chi connectivity index (χ1n) is 20.5. The van der Waals surface area contributed by atoms with E-state index in [1.54, 1.807) is 0 Å². The van der Waals surface area contributed by atoms with Crippen molar-refractivity contribution in [2.24, 2.45) is 0 Å². The van der Waals surface area contributed by atoms with E-state index in [2.05, 4.69) is 209 Å². The molecule has 8 aromatic rings. The number of rotatable bonds is 12. The monoisotopic (exact) mass is 806 g/mol. The Hall–Kier alpha value is -5.72. The summed E-state index contributed by atoms with van der Waals surface area (Å²) in [5.74, 6) is 0.785. The Labute approximate surface area is 341 Å². The van der Waals surface area contributed by atoms with Crippen LogP contribution in [0.25, 0.3) is 33.9 Å². The summed E-state index contributed by atoms with van der Waals surface area (Å²) >= 11 is -3.68. The van der Waals surface area contributed by atoms with Gasteiger partial charge >= 0.3 is 343 Å². The second kappa shape index (κ2) is 16.4. The van der Waals surface area contributed by atoms with Crippen molar-refractivity contribution in [3.8, 4) is 33.9 Å². The van der Waals surface area contributed by atoms with E-state index in [0.717, 1.165) is 35.4 Å². The number of aromatic nitrogens is 4. The Bertz CT molecular complexity index is 2530. The number of benzene rings is 6. The third-order valence-corrected chi connectivity index (χ3v) is 21.6. The van der Waals surface area contributed by atoms with Crippen LogP contribution in [-0.2, 0) is 12.8 Å². The molecule has 0 bridgehead atoms. The summed E-state index contributed by atoms with van der Waals surface area (Å²) in [5, 5.41) is 0. The number of nitrogens with zero attached hydrogens (tertiary/aromatic N) is 4. The number of hydrogen-bond acceptors (Lipinski definition) is 2. The van der Waals surface area contributed by atoms with E-state index in [9.17, 15) is 0 Å². The maximum absolute atomic E-state index is 5.08. The van der Waals surface area contributed by atoms with Crippen molar-refractivity contribution < 1.29 is 0 Å². The predicted octanol–water partition coefficient (Wildman–Crippen LogP) is 10.1. The van der Waals surface area contributed by atoms with E-state index in [4.69, 9.17) is 9.97 Å². The van der Waals surface area contributed by atoms with Gasteiger partial charge in [0.25, 0.3) is 0 Å². The summed E-state index contributed by atoms with van der Waals surface area (Å²) in [5.41, 5.74) is 12.1. The summed E-state index contributed by atoms with van der Waals surface area (Å²) in [4.78, 5) is 10.1. The Morgan fingerprint density at radius 3 is 1.30 bits per heavy atom. The molecule has 0 aliphatic rings. The fraction of sp³-hybridized carbons (Fsp3) is 0.192. The van der Waals surface area contributed by atoms with Crippen molar-refractivity contribution >= 4 is 30.8 Å². The zero-order chi connectivity index (χ0) is 39.5. The van der Waals surface area contributed by atoms with Crippen molar-refractivity contribution in [3.05, 3.63) is 193 Å². The summed E-state index contributed by atoms with van der Waals surface area (Å²) in [6, 6.07) is 54.3. The van der Waals surface area contributed by atoms with Crippen LogP contribution in [0.1, 0.15) is 75.6 Å². The molecular formula is C52H52GeN4. The summed E-state index contributed by atoms with van der Waals surface area (Å²) in [7, 11) is 0. The first kappa shape index (κ1) is 38.2. The molecule has 4 nitrogen and oxygen atoms in total. The second-order valence-corrected chi connectivity index (χ2v) is 23.7. The van der Waals surface area contributed by atoms with Crippen molar-refractivity contribution in [2.45, 2.75) is 66.2 Å².